The van der Waals surface area contributed by atoms with Crippen LogP contribution in [0.4, 0.5) is 0 Å². The topological polar surface area (TPSA) is 116 Å². The Bertz CT molecular complexity index is 58.6. The van der Waals surface area contributed by atoms with Gasteiger partial charge in [0.05, 0.1) is 0 Å². The third kappa shape index (κ3) is 82.5. The van der Waals surface area contributed by atoms with E-state index >= 15 is 0 Å². The number of rotatable bonds is 0. The van der Waals surface area contributed by atoms with E-state index in [1.165, 1.54) is 0 Å². The van der Waals surface area contributed by atoms with Crippen molar-refractivity contribution < 1.29 is 54.3 Å². The second-order valence-corrected chi connectivity index (χ2v) is 1.34. The normalized spacial score (nSPS) is 7.38. The van der Waals surface area contributed by atoms with Crippen molar-refractivity contribution in [2.45, 2.75) is 0 Å². The Kier molecular flexibility index (Phi) is 26.2. The van der Waals surface area contributed by atoms with Crippen LogP contribution in [0.2, 0.25) is 0 Å². The van der Waals surface area contributed by atoms with E-state index in [4.69, 9.17) is 19.2 Å². The Balaban J connectivity index is -0.0000000267. The van der Waals surface area contributed by atoms with Gasteiger partial charge < -0.3 is 24.7 Å². The minimum absolute atomic E-state index is 0. The minimum Gasteiger partial charge on any atom is -0.870 e. The first-order valence-corrected chi connectivity index (χ1v) is 2.19. The Morgan fingerprint density at radius 2 is 1.12 bits per heavy atom. The zero-order valence-electron chi connectivity index (χ0n) is 4.23. The number of hydrogen-bond acceptors (Lipinski definition) is 5. The molecule has 8 heavy (non-hydrogen) atoms. The fourth-order valence-corrected chi connectivity index (χ4v) is 0. The van der Waals surface area contributed by atoms with Crippen LogP contribution in [0.25, 0.3) is 0 Å². The smallest absolute Gasteiger partial charge is 0.870 e. The van der Waals surface area contributed by atoms with Gasteiger partial charge in [0.15, 0.2) is 0 Å². The van der Waals surface area contributed by atoms with E-state index in [-0.39, 0.29) is 72.8 Å². The fourth-order valence-electron chi connectivity index (χ4n) is 0. The molecule has 0 radical (unpaired) electrons. The summed E-state index contributed by atoms with van der Waals surface area (Å²) < 4.78 is 8.55. The molecule has 0 aromatic rings. The van der Waals surface area contributed by atoms with Crippen LogP contribution in [-0.2, 0) is 4.57 Å². The van der Waals surface area contributed by atoms with Gasteiger partial charge in [-0.05, 0) is 0 Å². The molecule has 0 saturated carbocycles. The number of phosphoric acid groups is 1. The molecule has 40 valence electrons. The quantitative estimate of drug-likeness (QED) is 0.268. The van der Waals surface area contributed by atoms with Gasteiger partial charge in [-0.2, -0.15) is 7.82 Å². The van der Waals surface area contributed by atoms with Crippen LogP contribution in [0, 0.1) is 0 Å². The van der Waals surface area contributed by atoms with E-state index in [0.717, 1.165) is 0 Å². The maximum absolute atomic E-state index is 8.55. The van der Waals surface area contributed by atoms with E-state index in [2.05, 4.69) is 0 Å². The van der Waals surface area contributed by atoms with Gasteiger partial charge in [-0.3, -0.25) is 0 Å². The first-order chi connectivity index (χ1) is 2.00. The van der Waals surface area contributed by atoms with Crippen LogP contribution in [-0.4, -0.2) is 43.2 Å². The minimum atomic E-state index is -5.39. The van der Waals surface area contributed by atoms with E-state index < -0.39 is 7.82 Å². The molecular weight excluding hydrogens is 174 g/mol. The van der Waals surface area contributed by atoms with Gasteiger partial charge in [-0.25, -0.2) is 0 Å². The Morgan fingerprint density at radius 1 is 1.12 bits per heavy atom. The average molecular weight is 175 g/mol. The Hall–Kier alpha value is 2.33. The van der Waals surface area contributed by atoms with Gasteiger partial charge in [0.25, 0.3) is 0 Å². The third-order valence-electron chi connectivity index (χ3n) is 0. The second kappa shape index (κ2) is 9.33. The summed E-state index contributed by atoms with van der Waals surface area (Å²) in [5, 5.41) is 0. The molecule has 0 aliphatic rings. The van der Waals surface area contributed by atoms with Crippen molar-refractivity contribution in [3.8, 4) is 0 Å². The van der Waals surface area contributed by atoms with Crippen molar-refractivity contribution in [2.24, 2.45) is 0 Å². The van der Waals surface area contributed by atoms with Crippen LogP contribution in [0.1, 0.15) is 0 Å². The van der Waals surface area contributed by atoms with Gasteiger partial charge >= 0.3 is 67.3 Å². The molecule has 0 heterocycles. The molecule has 0 bridgehead atoms. The van der Waals surface area contributed by atoms with Gasteiger partial charge in [0.2, 0.25) is 0 Å². The van der Waals surface area contributed by atoms with Gasteiger partial charge in [0, 0.05) is 0 Å². The number of hydrogen-bond donors (Lipinski definition) is 0. The van der Waals surface area contributed by atoms with E-state index in [1.807, 2.05) is 0 Å². The Labute approximate surface area is 98.3 Å². The molecule has 8 heteroatoms. The molecule has 0 aromatic heterocycles. The van der Waals surface area contributed by atoms with Gasteiger partial charge in [-0.1, -0.05) is 0 Å². The molecule has 0 atom stereocenters. The van der Waals surface area contributed by atoms with Crippen molar-refractivity contribution in [1.29, 1.82) is 0 Å². The summed E-state index contributed by atoms with van der Waals surface area (Å²) in [7, 11) is -5.39. The van der Waals surface area contributed by atoms with Crippen LogP contribution >= 0.6 is 7.82 Å². The maximum Gasteiger partial charge on any atom is 2.00 e. The maximum atomic E-state index is 8.55. The zero-order chi connectivity index (χ0) is 4.50. The summed E-state index contributed by atoms with van der Waals surface area (Å²) in [6.07, 6.45) is 0. The van der Waals surface area contributed by atoms with Gasteiger partial charge in [-0.15, -0.1) is 0 Å². The van der Waals surface area contributed by atoms with Crippen molar-refractivity contribution in [1.82, 2.24) is 0 Å². The van der Waals surface area contributed by atoms with Crippen molar-refractivity contribution in [3.05, 3.63) is 0 Å². The van der Waals surface area contributed by atoms with E-state index in [9.17, 15) is 0 Å². The van der Waals surface area contributed by atoms with Crippen LogP contribution in [0.5, 0.6) is 0 Å². The summed E-state index contributed by atoms with van der Waals surface area (Å²) in [5.41, 5.74) is 0. The van der Waals surface area contributed by atoms with Crippen LogP contribution < -0.4 is 44.2 Å². The summed E-state index contributed by atoms with van der Waals surface area (Å²) in [4.78, 5) is 25.6. The molecule has 0 unspecified atom stereocenters. The van der Waals surface area contributed by atoms with Crippen molar-refractivity contribution in [2.75, 3.05) is 0 Å². The SMILES string of the molecule is O=P([O-])([O-])[O-].[Ca+2].[Na+].[OH-]. The molecule has 0 amide bonds. The molecule has 5 nitrogen and oxygen atoms in total. The molecule has 0 rings (SSSR count). The first-order valence-electron chi connectivity index (χ1n) is 0.730. The first kappa shape index (κ1) is 22.4. The average Bonchev–Trinajstić information content (AvgIpc) is 0.722. The van der Waals surface area contributed by atoms with Crippen LogP contribution in [0.15, 0.2) is 0 Å². The Morgan fingerprint density at radius 3 is 1.12 bits per heavy atom. The summed E-state index contributed by atoms with van der Waals surface area (Å²) in [5.74, 6) is 0. The molecule has 0 fully saturated rings. The predicted molar refractivity (Wildman–Crippen MR) is 15.3 cm³/mol. The van der Waals surface area contributed by atoms with Gasteiger partial charge in [0.1, 0.15) is 0 Å². The van der Waals surface area contributed by atoms with Crippen molar-refractivity contribution >= 4 is 45.6 Å². The molecule has 0 aromatic carbocycles. The van der Waals surface area contributed by atoms with E-state index in [1.54, 1.807) is 0 Å². The van der Waals surface area contributed by atoms with Crippen LogP contribution in [0.3, 0.4) is 0 Å². The fraction of sp³-hybridized carbons (Fsp3) is 0. The molecule has 0 spiro atoms. The molecule has 0 saturated heterocycles. The molecule has 0 aliphatic carbocycles. The van der Waals surface area contributed by atoms with E-state index in [0.29, 0.717) is 0 Å². The van der Waals surface area contributed by atoms with Crippen molar-refractivity contribution in [3.63, 3.8) is 0 Å². The summed E-state index contributed by atoms with van der Waals surface area (Å²) in [6.45, 7) is 0. The summed E-state index contributed by atoms with van der Waals surface area (Å²) >= 11 is 0. The predicted octanol–water partition coefficient (Wildman–Crippen LogP) is -6.38. The second-order valence-electron chi connectivity index (χ2n) is 0.447. The monoisotopic (exact) mass is 175 g/mol. The standard InChI is InChI=1S/Ca.Na.H3O4P.H2O/c;;1-5(2,3)4;/h;;(H3,1,2,3,4);1H2/q+2;+1;;/p-4. The third-order valence-corrected chi connectivity index (χ3v) is 0. The molecule has 1 N–H and O–H groups in total. The molecule has 0 aliphatic heterocycles. The zero-order valence-corrected chi connectivity index (χ0v) is 9.34. The largest absolute Gasteiger partial charge is 2.00 e. The molecular formula is HCaNaO5P-. The summed E-state index contributed by atoms with van der Waals surface area (Å²) in [6, 6.07) is 0.